The molecular formula is C17H20O3. The number of rotatable bonds is 3. The molecule has 0 aliphatic rings. The molecule has 0 atom stereocenters. The van der Waals surface area contributed by atoms with Crippen LogP contribution >= 0.6 is 0 Å². The average Bonchev–Trinajstić information content (AvgIpc) is 2.56. The molecule has 0 saturated heterocycles. The van der Waals surface area contributed by atoms with E-state index in [4.69, 9.17) is 9.47 Å². The molecule has 0 aliphatic carbocycles. The van der Waals surface area contributed by atoms with Crippen LogP contribution in [0.2, 0.25) is 0 Å². The summed E-state index contributed by atoms with van der Waals surface area (Å²) < 4.78 is 9.91. The SMILES string of the molecule is CC.COC(=O)c1cc(-c2ccccc2)ccc1OC. The lowest BCUT2D eigenvalue weighted by molar-refractivity contribution is 0.0597. The van der Waals surface area contributed by atoms with Crippen molar-refractivity contribution < 1.29 is 14.3 Å². The van der Waals surface area contributed by atoms with Gasteiger partial charge in [0.05, 0.1) is 14.2 Å². The number of methoxy groups -OCH3 is 2. The number of esters is 1. The number of carbonyl (C=O) groups excluding carboxylic acids is 1. The Kier molecular flexibility index (Phi) is 6.30. The van der Waals surface area contributed by atoms with E-state index >= 15 is 0 Å². The standard InChI is InChI=1S/C15H14O3.C2H6/c1-17-14-9-8-12(10-13(14)15(16)18-2)11-6-4-3-5-7-11;1-2/h3-10H,1-2H3;1-2H3. The second-order valence-electron chi connectivity index (χ2n) is 3.77. The minimum Gasteiger partial charge on any atom is -0.496 e. The minimum absolute atomic E-state index is 0.398. The Labute approximate surface area is 120 Å². The van der Waals surface area contributed by atoms with Gasteiger partial charge in [0.1, 0.15) is 11.3 Å². The van der Waals surface area contributed by atoms with Crippen molar-refractivity contribution in [3.8, 4) is 16.9 Å². The fourth-order valence-electron chi connectivity index (χ4n) is 1.79. The van der Waals surface area contributed by atoms with Crippen LogP contribution in [-0.2, 0) is 4.74 Å². The maximum absolute atomic E-state index is 11.7. The molecule has 0 heterocycles. The maximum atomic E-state index is 11.7. The van der Waals surface area contributed by atoms with Crippen LogP contribution in [0.1, 0.15) is 24.2 Å². The van der Waals surface area contributed by atoms with Crippen LogP contribution in [0.15, 0.2) is 48.5 Å². The van der Waals surface area contributed by atoms with E-state index in [1.165, 1.54) is 14.2 Å². The van der Waals surface area contributed by atoms with Gasteiger partial charge in [0.2, 0.25) is 0 Å². The molecule has 3 heteroatoms. The van der Waals surface area contributed by atoms with Gasteiger partial charge in [-0.1, -0.05) is 50.2 Å². The first kappa shape index (κ1) is 15.8. The highest BCUT2D eigenvalue weighted by molar-refractivity contribution is 5.94. The Hall–Kier alpha value is -2.29. The second kappa shape index (κ2) is 8.00. The van der Waals surface area contributed by atoms with Gasteiger partial charge in [-0.3, -0.25) is 0 Å². The quantitative estimate of drug-likeness (QED) is 0.786. The number of carbonyl (C=O) groups is 1. The molecule has 0 N–H and O–H groups in total. The van der Waals surface area contributed by atoms with Crippen LogP contribution in [0.3, 0.4) is 0 Å². The normalized spacial score (nSPS) is 9.20. The lowest BCUT2D eigenvalue weighted by Gasteiger charge is -2.09. The molecule has 2 aromatic carbocycles. The molecule has 0 saturated carbocycles. The van der Waals surface area contributed by atoms with Crippen LogP contribution in [0.4, 0.5) is 0 Å². The predicted molar refractivity (Wildman–Crippen MR) is 81.1 cm³/mol. The van der Waals surface area contributed by atoms with Crippen molar-refractivity contribution in [2.24, 2.45) is 0 Å². The van der Waals surface area contributed by atoms with E-state index in [-0.39, 0.29) is 0 Å². The maximum Gasteiger partial charge on any atom is 0.341 e. The Morgan fingerprint density at radius 1 is 0.900 bits per heavy atom. The van der Waals surface area contributed by atoms with Crippen LogP contribution in [0.25, 0.3) is 11.1 Å². The lowest BCUT2D eigenvalue weighted by Crippen LogP contribution is -2.04. The summed E-state index contributed by atoms with van der Waals surface area (Å²) in [7, 11) is 2.89. The summed E-state index contributed by atoms with van der Waals surface area (Å²) in [6, 6.07) is 15.3. The first-order chi connectivity index (χ1) is 9.76. The second-order valence-corrected chi connectivity index (χ2v) is 3.77. The highest BCUT2D eigenvalue weighted by Gasteiger charge is 2.13. The molecule has 0 aliphatic heterocycles. The Bertz CT molecular complexity index is 547. The van der Waals surface area contributed by atoms with Gasteiger partial charge in [-0.25, -0.2) is 4.79 Å². The molecule has 0 spiro atoms. The molecular weight excluding hydrogens is 252 g/mol. The van der Waals surface area contributed by atoms with E-state index in [9.17, 15) is 4.79 Å². The van der Waals surface area contributed by atoms with E-state index in [1.807, 2.05) is 50.2 Å². The monoisotopic (exact) mass is 272 g/mol. The van der Waals surface area contributed by atoms with Gasteiger partial charge in [-0.2, -0.15) is 0 Å². The van der Waals surface area contributed by atoms with Crippen molar-refractivity contribution in [3.05, 3.63) is 54.1 Å². The summed E-state index contributed by atoms with van der Waals surface area (Å²) in [6.45, 7) is 4.00. The van der Waals surface area contributed by atoms with E-state index in [1.54, 1.807) is 12.1 Å². The number of hydrogen-bond acceptors (Lipinski definition) is 3. The van der Waals surface area contributed by atoms with Gasteiger partial charge in [0.15, 0.2) is 0 Å². The number of ether oxygens (including phenoxy) is 2. The average molecular weight is 272 g/mol. The third kappa shape index (κ3) is 3.60. The largest absolute Gasteiger partial charge is 0.496 e. The zero-order chi connectivity index (χ0) is 15.0. The molecule has 0 amide bonds. The van der Waals surface area contributed by atoms with Crippen molar-refractivity contribution in [1.82, 2.24) is 0 Å². The fourth-order valence-corrected chi connectivity index (χ4v) is 1.79. The lowest BCUT2D eigenvalue weighted by atomic mass is 10.0. The summed E-state index contributed by atoms with van der Waals surface area (Å²) in [5, 5.41) is 0. The van der Waals surface area contributed by atoms with Crippen molar-refractivity contribution in [2.75, 3.05) is 14.2 Å². The van der Waals surface area contributed by atoms with Crippen LogP contribution in [-0.4, -0.2) is 20.2 Å². The topological polar surface area (TPSA) is 35.5 Å². The summed E-state index contributed by atoms with van der Waals surface area (Å²) in [5.41, 5.74) is 2.43. The molecule has 0 radical (unpaired) electrons. The molecule has 0 fully saturated rings. The Morgan fingerprint density at radius 3 is 2.10 bits per heavy atom. The third-order valence-corrected chi connectivity index (χ3v) is 2.71. The summed E-state index contributed by atoms with van der Waals surface area (Å²) in [6.07, 6.45) is 0. The highest BCUT2D eigenvalue weighted by atomic mass is 16.5. The number of hydrogen-bond donors (Lipinski definition) is 0. The van der Waals surface area contributed by atoms with Crippen molar-refractivity contribution >= 4 is 5.97 Å². The summed E-state index contributed by atoms with van der Waals surface area (Å²) in [4.78, 5) is 11.7. The van der Waals surface area contributed by atoms with Crippen molar-refractivity contribution in [3.63, 3.8) is 0 Å². The first-order valence-corrected chi connectivity index (χ1v) is 6.58. The molecule has 0 bridgehead atoms. The molecule has 106 valence electrons. The summed E-state index contributed by atoms with van der Waals surface area (Å²) >= 11 is 0. The zero-order valence-electron chi connectivity index (χ0n) is 12.3. The minimum atomic E-state index is -0.398. The molecule has 0 aromatic heterocycles. The smallest absolute Gasteiger partial charge is 0.341 e. The molecule has 20 heavy (non-hydrogen) atoms. The van der Waals surface area contributed by atoms with E-state index in [0.29, 0.717) is 11.3 Å². The summed E-state index contributed by atoms with van der Waals surface area (Å²) in [5.74, 6) is 0.117. The Balaban J connectivity index is 0.000000956. The van der Waals surface area contributed by atoms with Crippen LogP contribution in [0.5, 0.6) is 5.75 Å². The highest BCUT2D eigenvalue weighted by Crippen LogP contribution is 2.26. The van der Waals surface area contributed by atoms with Gasteiger partial charge >= 0.3 is 5.97 Å². The van der Waals surface area contributed by atoms with Gasteiger partial charge in [0.25, 0.3) is 0 Å². The number of benzene rings is 2. The third-order valence-electron chi connectivity index (χ3n) is 2.71. The van der Waals surface area contributed by atoms with E-state index < -0.39 is 5.97 Å². The Morgan fingerprint density at radius 2 is 1.55 bits per heavy atom. The molecule has 2 aromatic rings. The van der Waals surface area contributed by atoms with Gasteiger partial charge < -0.3 is 9.47 Å². The predicted octanol–water partition coefficient (Wildman–Crippen LogP) is 4.18. The van der Waals surface area contributed by atoms with E-state index in [0.717, 1.165) is 11.1 Å². The molecule has 0 unspecified atom stereocenters. The fraction of sp³-hybridized carbons (Fsp3) is 0.235. The van der Waals surface area contributed by atoms with Crippen molar-refractivity contribution in [1.29, 1.82) is 0 Å². The van der Waals surface area contributed by atoms with Gasteiger partial charge in [-0.05, 0) is 23.3 Å². The zero-order valence-corrected chi connectivity index (χ0v) is 12.3. The van der Waals surface area contributed by atoms with Crippen LogP contribution in [0, 0.1) is 0 Å². The van der Waals surface area contributed by atoms with Crippen LogP contribution < -0.4 is 4.74 Å². The van der Waals surface area contributed by atoms with Gasteiger partial charge in [0, 0.05) is 0 Å². The van der Waals surface area contributed by atoms with E-state index in [2.05, 4.69) is 0 Å². The van der Waals surface area contributed by atoms with Crippen molar-refractivity contribution in [2.45, 2.75) is 13.8 Å². The molecule has 2 rings (SSSR count). The molecule has 3 nitrogen and oxygen atoms in total. The van der Waals surface area contributed by atoms with Gasteiger partial charge in [-0.15, -0.1) is 0 Å². The first-order valence-electron chi connectivity index (χ1n) is 6.58.